The Morgan fingerprint density at radius 3 is 2.73 bits per heavy atom. The van der Waals surface area contributed by atoms with Crippen LogP contribution in [0.3, 0.4) is 0 Å². The van der Waals surface area contributed by atoms with Gasteiger partial charge in [0, 0.05) is 0 Å². The van der Waals surface area contributed by atoms with Crippen LogP contribution in [0.2, 0.25) is 0 Å². The lowest BCUT2D eigenvalue weighted by atomic mass is 10.5. The Morgan fingerprint density at radius 2 is 2.45 bits per heavy atom. The maximum Gasteiger partial charge on any atom is 0.349 e. The van der Waals surface area contributed by atoms with Crippen LogP contribution in [-0.4, -0.2) is 16.1 Å². The van der Waals surface area contributed by atoms with Gasteiger partial charge in [0.2, 0.25) is 0 Å². The van der Waals surface area contributed by atoms with Crippen molar-refractivity contribution in [2.45, 2.75) is 13.3 Å². The molecule has 0 aromatic carbocycles. The predicted octanol–water partition coefficient (Wildman–Crippen LogP) is 0.986. The molecule has 0 aliphatic rings. The first-order valence-electron chi connectivity index (χ1n) is 3.13. The van der Waals surface area contributed by atoms with Gasteiger partial charge in [-0.2, -0.15) is 0 Å². The highest BCUT2D eigenvalue weighted by Gasteiger charge is 2.13. The van der Waals surface area contributed by atoms with Gasteiger partial charge in [-0.3, -0.25) is 0 Å². The fourth-order valence-electron chi connectivity index (χ4n) is 0.682. The molecular weight excluding hydrogens is 164 g/mol. The van der Waals surface area contributed by atoms with Crippen molar-refractivity contribution in [3.05, 3.63) is 9.88 Å². The number of carboxylic acids is 1. The fraction of sp³-hybridized carbons (Fsp3) is 0.333. The van der Waals surface area contributed by atoms with E-state index in [0.29, 0.717) is 0 Å². The number of rotatable bonds is 2. The maximum atomic E-state index is 10.4. The molecule has 1 heterocycles. The molecule has 0 saturated carbocycles. The molecule has 0 amide bonds. The third kappa shape index (κ3) is 1.48. The molecule has 0 aliphatic heterocycles. The number of aromatic carboxylic acids is 1. The third-order valence-electron chi connectivity index (χ3n) is 1.19. The number of carbonyl (C=O) groups is 1. The van der Waals surface area contributed by atoms with E-state index in [1.54, 1.807) is 0 Å². The molecule has 0 aliphatic carbocycles. The Kier molecular flexibility index (Phi) is 2.09. The smallest absolute Gasteiger partial charge is 0.349 e. The van der Waals surface area contributed by atoms with Gasteiger partial charge in [0.1, 0.15) is 5.82 Å². The van der Waals surface area contributed by atoms with Gasteiger partial charge in [-0.1, -0.05) is 6.92 Å². The minimum Gasteiger partial charge on any atom is -0.477 e. The number of aromatic nitrogens is 1. The average molecular weight is 172 g/mol. The topological polar surface area (TPSA) is 76.2 Å². The van der Waals surface area contributed by atoms with Crippen LogP contribution in [0.4, 0.5) is 5.82 Å². The van der Waals surface area contributed by atoms with Gasteiger partial charge in [0.05, 0.1) is 5.01 Å². The molecule has 60 valence electrons. The highest BCUT2D eigenvalue weighted by Crippen LogP contribution is 2.20. The van der Waals surface area contributed by atoms with Crippen LogP contribution in [0, 0.1) is 0 Å². The molecule has 0 saturated heterocycles. The van der Waals surface area contributed by atoms with E-state index in [1.165, 1.54) is 0 Å². The van der Waals surface area contributed by atoms with Crippen LogP contribution in [0.25, 0.3) is 0 Å². The van der Waals surface area contributed by atoms with Crippen molar-refractivity contribution in [2.24, 2.45) is 0 Å². The van der Waals surface area contributed by atoms with Crippen LogP contribution in [0.5, 0.6) is 0 Å². The number of nitrogen functional groups attached to an aromatic ring is 1. The Labute approximate surface area is 67.7 Å². The van der Waals surface area contributed by atoms with E-state index < -0.39 is 5.97 Å². The van der Waals surface area contributed by atoms with E-state index in [0.717, 1.165) is 22.8 Å². The normalized spacial score (nSPS) is 9.91. The molecule has 11 heavy (non-hydrogen) atoms. The van der Waals surface area contributed by atoms with Gasteiger partial charge in [-0.15, -0.1) is 11.3 Å². The highest BCUT2D eigenvalue weighted by molar-refractivity contribution is 7.14. The zero-order valence-corrected chi connectivity index (χ0v) is 6.81. The first-order chi connectivity index (χ1) is 5.15. The van der Waals surface area contributed by atoms with Crippen molar-refractivity contribution in [1.29, 1.82) is 0 Å². The summed E-state index contributed by atoms with van der Waals surface area (Å²) in [6, 6.07) is 0. The van der Waals surface area contributed by atoms with Crippen molar-refractivity contribution in [2.75, 3.05) is 5.73 Å². The Bertz CT molecular complexity index is 282. The number of thiazole rings is 1. The molecular formula is C6H8N2O2S. The molecule has 1 aromatic heterocycles. The number of aryl methyl sites for hydroxylation is 1. The predicted molar refractivity (Wildman–Crippen MR) is 42.9 cm³/mol. The van der Waals surface area contributed by atoms with E-state index >= 15 is 0 Å². The molecule has 1 rings (SSSR count). The summed E-state index contributed by atoms with van der Waals surface area (Å²) < 4.78 is 0. The molecule has 0 unspecified atom stereocenters. The van der Waals surface area contributed by atoms with Crippen LogP contribution < -0.4 is 5.73 Å². The first kappa shape index (κ1) is 8.00. The van der Waals surface area contributed by atoms with E-state index in [9.17, 15) is 4.79 Å². The Morgan fingerprint density at radius 1 is 1.82 bits per heavy atom. The second-order valence-corrected chi connectivity index (χ2v) is 3.06. The van der Waals surface area contributed by atoms with E-state index in [2.05, 4.69) is 4.98 Å². The lowest BCUT2D eigenvalue weighted by Crippen LogP contribution is -1.97. The number of nitrogens with zero attached hydrogens (tertiary/aromatic N) is 1. The zero-order valence-electron chi connectivity index (χ0n) is 6.00. The number of hydrogen-bond acceptors (Lipinski definition) is 4. The molecule has 0 atom stereocenters. The van der Waals surface area contributed by atoms with Gasteiger partial charge in [-0.05, 0) is 6.42 Å². The minimum atomic E-state index is -1.00. The number of nitrogens with two attached hydrogens (primary N) is 1. The van der Waals surface area contributed by atoms with Crippen molar-refractivity contribution in [1.82, 2.24) is 4.98 Å². The summed E-state index contributed by atoms with van der Waals surface area (Å²) in [6.45, 7) is 1.91. The van der Waals surface area contributed by atoms with Crippen LogP contribution >= 0.6 is 11.3 Å². The van der Waals surface area contributed by atoms with Gasteiger partial charge in [-0.25, -0.2) is 9.78 Å². The molecule has 1 aromatic rings. The van der Waals surface area contributed by atoms with Gasteiger partial charge in [0.25, 0.3) is 0 Å². The van der Waals surface area contributed by atoms with Gasteiger partial charge >= 0.3 is 5.97 Å². The molecule has 4 nitrogen and oxygen atoms in total. The monoisotopic (exact) mass is 172 g/mol. The van der Waals surface area contributed by atoms with Crippen molar-refractivity contribution in [3.63, 3.8) is 0 Å². The number of carboxylic acid groups (broad SMARTS) is 1. The molecule has 0 bridgehead atoms. The van der Waals surface area contributed by atoms with E-state index in [-0.39, 0.29) is 10.7 Å². The molecule has 0 fully saturated rings. The molecule has 0 radical (unpaired) electrons. The second kappa shape index (κ2) is 2.87. The zero-order chi connectivity index (χ0) is 8.43. The fourth-order valence-corrected chi connectivity index (χ4v) is 1.44. The Balaban J connectivity index is 3.07. The lowest BCUT2D eigenvalue weighted by molar-refractivity contribution is 0.0703. The summed E-state index contributed by atoms with van der Waals surface area (Å²) >= 11 is 1.13. The lowest BCUT2D eigenvalue weighted by Gasteiger charge is -1.84. The molecule has 3 N–H and O–H groups in total. The largest absolute Gasteiger partial charge is 0.477 e. The van der Waals surface area contributed by atoms with Gasteiger partial charge in [0.15, 0.2) is 4.88 Å². The first-order valence-corrected chi connectivity index (χ1v) is 3.95. The summed E-state index contributed by atoms with van der Waals surface area (Å²) in [4.78, 5) is 14.4. The Hall–Kier alpha value is -1.10. The average Bonchev–Trinajstić information content (AvgIpc) is 2.30. The van der Waals surface area contributed by atoms with Crippen LogP contribution in [-0.2, 0) is 6.42 Å². The summed E-state index contributed by atoms with van der Waals surface area (Å²) in [7, 11) is 0. The van der Waals surface area contributed by atoms with E-state index in [1.807, 2.05) is 6.92 Å². The van der Waals surface area contributed by atoms with Crippen LogP contribution in [0.1, 0.15) is 21.6 Å². The molecule has 5 heteroatoms. The standard InChI is InChI=1S/C6H8N2O2S/c1-2-3-8-5(7)4(11-3)6(9)10/h2,7H2,1H3,(H,9,10). The van der Waals surface area contributed by atoms with Crippen molar-refractivity contribution in [3.8, 4) is 0 Å². The second-order valence-electron chi connectivity index (χ2n) is 1.98. The van der Waals surface area contributed by atoms with Crippen molar-refractivity contribution < 1.29 is 9.90 Å². The number of hydrogen-bond donors (Lipinski definition) is 2. The molecule has 0 spiro atoms. The van der Waals surface area contributed by atoms with Crippen LogP contribution in [0.15, 0.2) is 0 Å². The highest BCUT2D eigenvalue weighted by atomic mass is 32.1. The minimum absolute atomic E-state index is 0.124. The summed E-state index contributed by atoms with van der Waals surface area (Å²) in [5.74, 6) is -0.876. The SMILES string of the molecule is CCc1nc(N)c(C(=O)O)s1. The summed E-state index contributed by atoms with van der Waals surface area (Å²) in [6.07, 6.45) is 0.724. The number of anilines is 1. The summed E-state index contributed by atoms with van der Waals surface area (Å²) in [5.41, 5.74) is 5.34. The maximum absolute atomic E-state index is 10.4. The summed E-state index contributed by atoms with van der Waals surface area (Å²) in [5, 5.41) is 9.33. The van der Waals surface area contributed by atoms with Gasteiger partial charge < -0.3 is 10.8 Å². The van der Waals surface area contributed by atoms with Crippen molar-refractivity contribution >= 4 is 23.1 Å². The quantitative estimate of drug-likeness (QED) is 0.697. The van der Waals surface area contributed by atoms with E-state index in [4.69, 9.17) is 10.8 Å². The third-order valence-corrected chi connectivity index (χ3v) is 2.40.